The van der Waals surface area contributed by atoms with Crippen molar-refractivity contribution < 1.29 is 13.2 Å². The molecule has 0 spiro atoms. The second kappa shape index (κ2) is 8.79. The maximum atomic E-state index is 12.3. The molecule has 0 aliphatic rings. The van der Waals surface area contributed by atoms with E-state index in [1.54, 1.807) is 32.0 Å². The summed E-state index contributed by atoms with van der Waals surface area (Å²) in [6.45, 7) is 5.85. The van der Waals surface area contributed by atoms with Crippen molar-refractivity contribution in [1.29, 1.82) is 0 Å². The zero-order valence-electron chi connectivity index (χ0n) is 15.0. The molecule has 5 nitrogen and oxygen atoms in total. The predicted molar refractivity (Wildman–Crippen MR) is 107 cm³/mol. The normalized spacial score (nSPS) is 11.6. The van der Waals surface area contributed by atoms with Crippen LogP contribution in [0.15, 0.2) is 46.9 Å². The van der Waals surface area contributed by atoms with Gasteiger partial charge in [-0.3, -0.25) is 4.79 Å². The van der Waals surface area contributed by atoms with Gasteiger partial charge in [-0.05, 0) is 55.7 Å². The molecule has 2 rings (SSSR count). The Morgan fingerprint density at radius 2 is 1.69 bits per heavy atom. The third kappa shape index (κ3) is 6.23. The number of sulfonamides is 1. The molecule has 0 aromatic heterocycles. The molecule has 2 aromatic rings. The van der Waals surface area contributed by atoms with E-state index in [0.29, 0.717) is 17.7 Å². The number of carbonyl (C=O) groups is 1. The van der Waals surface area contributed by atoms with Gasteiger partial charge >= 0.3 is 0 Å². The summed E-state index contributed by atoms with van der Waals surface area (Å²) in [5, 5.41) is 2.88. The molecule has 2 N–H and O–H groups in total. The van der Waals surface area contributed by atoms with Crippen LogP contribution in [0.4, 0.5) is 0 Å². The molecule has 140 valence electrons. The molecule has 0 heterocycles. The van der Waals surface area contributed by atoms with Gasteiger partial charge in [0.25, 0.3) is 5.91 Å². The standard InChI is InChI=1S/C19H23BrN2O3S/c1-13(2)22-26(24,25)12-16-6-4-15(5-7-16)11-21-19(23)18-9-8-17(20)10-14(18)3/h4-10,13,22H,11-12H2,1-3H3,(H,21,23). The third-order valence-electron chi connectivity index (χ3n) is 3.68. The van der Waals surface area contributed by atoms with Crippen molar-refractivity contribution in [2.45, 2.75) is 39.1 Å². The first-order chi connectivity index (χ1) is 12.2. The first-order valence-corrected chi connectivity index (χ1v) is 10.7. The molecule has 0 saturated carbocycles. The molecule has 2 aromatic carbocycles. The lowest BCUT2D eigenvalue weighted by molar-refractivity contribution is 0.0950. The first kappa shape index (κ1) is 20.6. The van der Waals surface area contributed by atoms with E-state index in [1.807, 2.05) is 31.2 Å². The van der Waals surface area contributed by atoms with E-state index >= 15 is 0 Å². The zero-order chi connectivity index (χ0) is 19.3. The highest BCUT2D eigenvalue weighted by molar-refractivity contribution is 9.10. The van der Waals surface area contributed by atoms with Gasteiger partial charge in [-0.15, -0.1) is 0 Å². The Bertz CT molecular complexity index is 878. The molecule has 0 unspecified atom stereocenters. The molecular weight excluding hydrogens is 416 g/mol. The maximum Gasteiger partial charge on any atom is 0.251 e. The van der Waals surface area contributed by atoms with Crippen LogP contribution in [0.1, 0.15) is 40.9 Å². The first-order valence-electron chi connectivity index (χ1n) is 8.28. The largest absolute Gasteiger partial charge is 0.348 e. The second-order valence-electron chi connectivity index (χ2n) is 6.49. The summed E-state index contributed by atoms with van der Waals surface area (Å²) < 4.78 is 27.4. The van der Waals surface area contributed by atoms with E-state index in [4.69, 9.17) is 0 Å². The Labute approximate surface area is 163 Å². The molecule has 1 amide bonds. The smallest absolute Gasteiger partial charge is 0.251 e. The molecule has 0 radical (unpaired) electrons. The number of amides is 1. The zero-order valence-corrected chi connectivity index (χ0v) is 17.4. The number of halogens is 1. The van der Waals surface area contributed by atoms with Gasteiger partial charge in [0.15, 0.2) is 0 Å². The van der Waals surface area contributed by atoms with E-state index in [2.05, 4.69) is 26.0 Å². The van der Waals surface area contributed by atoms with Crippen LogP contribution in [0.2, 0.25) is 0 Å². The number of hydrogen-bond acceptors (Lipinski definition) is 3. The summed E-state index contributed by atoms with van der Waals surface area (Å²) >= 11 is 3.38. The predicted octanol–water partition coefficient (Wildman–Crippen LogP) is 3.52. The van der Waals surface area contributed by atoms with Crippen molar-refractivity contribution in [3.8, 4) is 0 Å². The Balaban J connectivity index is 1.96. The van der Waals surface area contributed by atoms with Crippen LogP contribution in [-0.2, 0) is 22.3 Å². The Morgan fingerprint density at radius 3 is 2.27 bits per heavy atom. The topological polar surface area (TPSA) is 75.3 Å². The van der Waals surface area contributed by atoms with Gasteiger partial charge in [0.2, 0.25) is 10.0 Å². The van der Waals surface area contributed by atoms with Crippen LogP contribution in [0, 0.1) is 6.92 Å². The molecule has 0 saturated heterocycles. The van der Waals surface area contributed by atoms with Gasteiger partial charge in [0.1, 0.15) is 0 Å². The van der Waals surface area contributed by atoms with Crippen molar-refractivity contribution in [3.05, 3.63) is 69.2 Å². The summed E-state index contributed by atoms with van der Waals surface area (Å²) in [6.07, 6.45) is 0. The average molecular weight is 439 g/mol. The highest BCUT2D eigenvalue weighted by Crippen LogP contribution is 2.16. The minimum absolute atomic E-state index is 0.0596. The lowest BCUT2D eigenvalue weighted by Crippen LogP contribution is -2.31. The number of carbonyl (C=O) groups excluding carboxylic acids is 1. The summed E-state index contributed by atoms with van der Waals surface area (Å²) in [5.74, 6) is -0.196. The summed E-state index contributed by atoms with van der Waals surface area (Å²) in [4.78, 5) is 12.3. The fourth-order valence-corrected chi connectivity index (χ4v) is 4.44. The van der Waals surface area contributed by atoms with Crippen molar-refractivity contribution in [2.75, 3.05) is 0 Å². The van der Waals surface area contributed by atoms with E-state index in [-0.39, 0.29) is 17.7 Å². The van der Waals surface area contributed by atoms with Crippen LogP contribution >= 0.6 is 15.9 Å². The second-order valence-corrected chi connectivity index (χ2v) is 9.16. The third-order valence-corrected chi connectivity index (χ3v) is 5.72. The number of rotatable bonds is 7. The Hall–Kier alpha value is -1.70. The number of aryl methyl sites for hydroxylation is 1. The van der Waals surface area contributed by atoms with Crippen LogP contribution in [0.3, 0.4) is 0 Å². The highest BCUT2D eigenvalue weighted by Gasteiger charge is 2.13. The van der Waals surface area contributed by atoms with E-state index in [0.717, 1.165) is 15.6 Å². The van der Waals surface area contributed by atoms with E-state index < -0.39 is 10.0 Å². The average Bonchev–Trinajstić information content (AvgIpc) is 2.52. The molecule has 0 fully saturated rings. The van der Waals surface area contributed by atoms with Crippen molar-refractivity contribution in [2.24, 2.45) is 0 Å². The van der Waals surface area contributed by atoms with E-state index in [1.165, 1.54) is 0 Å². The minimum Gasteiger partial charge on any atom is -0.348 e. The Morgan fingerprint density at radius 1 is 1.08 bits per heavy atom. The van der Waals surface area contributed by atoms with Crippen LogP contribution in [-0.4, -0.2) is 20.4 Å². The molecule has 26 heavy (non-hydrogen) atoms. The molecular formula is C19H23BrN2O3S. The number of benzene rings is 2. The fraction of sp³-hybridized carbons (Fsp3) is 0.316. The van der Waals surface area contributed by atoms with Crippen LogP contribution in [0.25, 0.3) is 0 Å². The summed E-state index contributed by atoms with van der Waals surface area (Å²) in [7, 11) is -3.34. The minimum atomic E-state index is -3.34. The molecule has 0 aliphatic carbocycles. The number of nitrogens with one attached hydrogen (secondary N) is 2. The SMILES string of the molecule is Cc1cc(Br)ccc1C(=O)NCc1ccc(CS(=O)(=O)NC(C)C)cc1. The van der Waals surface area contributed by atoms with Crippen LogP contribution < -0.4 is 10.0 Å². The van der Waals surface area contributed by atoms with Crippen molar-refractivity contribution in [1.82, 2.24) is 10.0 Å². The van der Waals surface area contributed by atoms with Gasteiger partial charge in [0, 0.05) is 22.6 Å². The molecule has 0 aliphatic heterocycles. The molecule has 7 heteroatoms. The van der Waals surface area contributed by atoms with Crippen molar-refractivity contribution >= 4 is 31.9 Å². The monoisotopic (exact) mass is 438 g/mol. The van der Waals surface area contributed by atoms with Gasteiger partial charge in [0.05, 0.1) is 5.75 Å². The lowest BCUT2D eigenvalue weighted by atomic mass is 10.1. The Kier molecular flexibility index (Phi) is 6.97. The fourth-order valence-electron chi connectivity index (χ4n) is 2.53. The van der Waals surface area contributed by atoms with Gasteiger partial charge in [-0.2, -0.15) is 0 Å². The van der Waals surface area contributed by atoms with Gasteiger partial charge in [-0.1, -0.05) is 40.2 Å². The number of hydrogen-bond donors (Lipinski definition) is 2. The maximum absolute atomic E-state index is 12.3. The highest BCUT2D eigenvalue weighted by atomic mass is 79.9. The van der Waals surface area contributed by atoms with Crippen molar-refractivity contribution in [3.63, 3.8) is 0 Å². The lowest BCUT2D eigenvalue weighted by Gasteiger charge is -2.11. The van der Waals surface area contributed by atoms with Crippen LogP contribution in [0.5, 0.6) is 0 Å². The molecule has 0 bridgehead atoms. The van der Waals surface area contributed by atoms with Gasteiger partial charge < -0.3 is 5.32 Å². The molecule has 0 atom stereocenters. The quantitative estimate of drug-likeness (QED) is 0.694. The van der Waals surface area contributed by atoms with E-state index in [9.17, 15) is 13.2 Å². The van der Waals surface area contributed by atoms with Gasteiger partial charge in [-0.25, -0.2) is 13.1 Å². The summed E-state index contributed by atoms with van der Waals surface area (Å²) in [5.41, 5.74) is 3.15. The summed E-state index contributed by atoms with van der Waals surface area (Å²) in [6, 6.07) is 12.6.